The van der Waals surface area contributed by atoms with E-state index in [1.165, 1.54) is 16.7 Å². The van der Waals surface area contributed by atoms with Crippen molar-refractivity contribution in [1.29, 1.82) is 0 Å². The molecule has 96 valence electrons. The maximum absolute atomic E-state index is 5.87. The molecule has 0 unspecified atom stereocenters. The van der Waals surface area contributed by atoms with Crippen molar-refractivity contribution in [3.63, 3.8) is 0 Å². The summed E-state index contributed by atoms with van der Waals surface area (Å²) in [6.45, 7) is 13.7. The monoisotopic (exact) mass is 234 g/mol. The maximum Gasteiger partial charge on any atom is 0.0278 e. The lowest BCUT2D eigenvalue weighted by molar-refractivity contribution is 0.125. The molecule has 0 bridgehead atoms. The fourth-order valence-corrected chi connectivity index (χ4v) is 2.17. The van der Waals surface area contributed by atoms with Crippen LogP contribution in [0.4, 0.5) is 0 Å². The van der Waals surface area contributed by atoms with Gasteiger partial charge >= 0.3 is 0 Å². The van der Waals surface area contributed by atoms with Crippen LogP contribution in [0.1, 0.15) is 37.5 Å². The Morgan fingerprint density at radius 3 is 2.12 bits per heavy atom. The van der Waals surface area contributed by atoms with Gasteiger partial charge in [-0.05, 0) is 50.9 Å². The zero-order valence-corrected chi connectivity index (χ0v) is 11.9. The van der Waals surface area contributed by atoms with Crippen molar-refractivity contribution in [2.75, 3.05) is 13.1 Å². The molecule has 0 saturated carbocycles. The first-order chi connectivity index (χ1) is 7.92. The standard InChI is InChI=1S/C15H26N2/c1-6-17(15(4,5)11-16)10-14-12(2)8-7-9-13(14)3/h7-9H,6,10-11,16H2,1-5H3. The molecule has 17 heavy (non-hydrogen) atoms. The smallest absolute Gasteiger partial charge is 0.0278 e. The molecule has 1 aromatic rings. The second kappa shape index (κ2) is 5.65. The first kappa shape index (κ1) is 14.2. The van der Waals surface area contributed by atoms with Gasteiger partial charge in [-0.15, -0.1) is 0 Å². The van der Waals surface area contributed by atoms with E-state index >= 15 is 0 Å². The topological polar surface area (TPSA) is 29.3 Å². The zero-order chi connectivity index (χ0) is 13.1. The van der Waals surface area contributed by atoms with Gasteiger partial charge in [-0.25, -0.2) is 0 Å². The van der Waals surface area contributed by atoms with E-state index in [4.69, 9.17) is 5.73 Å². The van der Waals surface area contributed by atoms with Gasteiger partial charge in [-0.3, -0.25) is 4.90 Å². The number of rotatable bonds is 5. The normalized spacial score (nSPS) is 12.2. The van der Waals surface area contributed by atoms with E-state index in [-0.39, 0.29) is 5.54 Å². The highest BCUT2D eigenvalue weighted by Gasteiger charge is 2.24. The van der Waals surface area contributed by atoms with Gasteiger partial charge in [0.15, 0.2) is 0 Å². The van der Waals surface area contributed by atoms with Crippen molar-refractivity contribution < 1.29 is 0 Å². The molecule has 1 rings (SSSR count). The summed E-state index contributed by atoms with van der Waals surface area (Å²) in [6.07, 6.45) is 0. The van der Waals surface area contributed by atoms with Crippen LogP contribution in [0.2, 0.25) is 0 Å². The number of nitrogens with two attached hydrogens (primary N) is 1. The number of benzene rings is 1. The highest BCUT2D eigenvalue weighted by atomic mass is 15.2. The maximum atomic E-state index is 5.87. The van der Waals surface area contributed by atoms with Crippen molar-refractivity contribution in [3.8, 4) is 0 Å². The fraction of sp³-hybridized carbons (Fsp3) is 0.600. The Kier molecular flexibility index (Phi) is 4.72. The first-order valence-corrected chi connectivity index (χ1v) is 6.42. The molecule has 2 nitrogen and oxygen atoms in total. The van der Waals surface area contributed by atoms with E-state index in [9.17, 15) is 0 Å². The molecule has 0 aliphatic rings. The molecule has 1 aromatic carbocycles. The average Bonchev–Trinajstić information content (AvgIpc) is 2.28. The minimum Gasteiger partial charge on any atom is -0.329 e. The lowest BCUT2D eigenvalue weighted by Crippen LogP contribution is -2.48. The molecule has 0 radical (unpaired) electrons. The lowest BCUT2D eigenvalue weighted by atomic mass is 9.98. The van der Waals surface area contributed by atoms with Gasteiger partial charge < -0.3 is 5.73 Å². The number of nitrogens with zero attached hydrogens (tertiary/aromatic N) is 1. The Balaban J connectivity index is 2.96. The Hall–Kier alpha value is -0.860. The minimum absolute atomic E-state index is 0.0590. The second-order valence-corrected chi connectivity index (χ2v) is 5.40. The predicted molar refractivity (Wildman–Crippen MR) is 75.1 cm³/mol. The summed E-state index contributed by atoms with van der Waals surface area (Å²) < 4.78 is 0. The number of aryl methyl sites for hydroxylation is 2. The molecule has 2 heteroatoms. The molecule has 0 heterocycles. The summed E-state index contributed by atoms with van der Waals surface area (Å²) in [5, 5.41) is 0. The number of likely N-dealkylation sites (N-methyl/N-ethyl adjacent to an activating group) is 1. The second-order valence-electron chi connectivity index (χ2n) is 5.40. The Morgan fingerprint density at radius 2 is 1.71 bits per heavy atom. The summed E-state index contributed by atoms with van der Waals surface area (Å²) >= 11 is 0. The molecule has 0 saturated heterocycles. The summed E-state index contributed by atoms with van der Waals surface area (Å²) in [4.78, 5) is 2.45. The third kappa shape index (κ3) is 3.30. The van der Waals surface area contributed by atoms with E-state index in [1.807, 2.05) is 0 Å². The summed E-state index contributed by atoms with van der Waals surface area (Å²) in [6, 6.07) is 6.50. The minimum atomic E-state index is 0.0590. The van der Waals surface area contributed by atoms with Gasteiger partial charge in [0.1, 0.15) is 0 Å². The summed E-state index contributed by atoms with van der Waals surface area (Å²) in [5.41, 5.74) is 10.1. The number of hydrogen-bond acceptors (Lipinski definition) is 2. The quantitative estimate of drug-likeness (QED) is 0.849. The molecule has 2 N–H and O–H groups in total. The predicted octanol–water partition coefficient (Wildman–Crippen LogP) is 2.86. The van der Waals surface area contributed by atoms with E-state index in [1.54, 1.807) is 0 Å². The fourth-order valence-electron chi connectivity index (χ4n) is 2.17. The molecule has 0 aromatic heterocycles. The first-order valence-electron chi connectivity index (χ1n) is 6.42. The number of hydrogen-bond donors (Lipinski definition) is 1. The van der Waals surface area contributed by atoms with Crippen LogP contribution < -0.4 is 5.73 Å². The van der Waals surface area contributed by atoms with E-state index in [0.717, 1.165) is 13.1 Å². The van der Waals surface area contributed by atoms with Crippen LogP contribution in [0, 0.1) is 13.8 Å². The van der Waals surface area contributed by atoms with Crippen LogP contribution in [0.25, 0.3) is 0 Å². The lowest BCUT2D eigenvalue weighted by Gasteiger charge is -2.37. The highest BCUT2D eigenvalue weighted by Crippen LogP contribution is 2.21. The summed E-state index contributed by atoms with van der Waals surface area (Å²) in [5.74, 6) is 0. The SMILES string of the molecule is CCN(Cc1c(C)cccc1C)C(C)(C)CN. The third-order valence-electron chi connectivity index (χ3n) is 3.73. The van der Waals surface area contributed by atoms with Crippen molar-refractivity contribution >= 4 is 0 Å². The van der Waals surface area contributed by atoms with Gasteiger partial charge in [0.2, 0.25) is 0 Å². The van der Waals surface area contributed by atoms with Crippen LogP contribution in [0.3, 0.4) is 0 Å². The van der Waals surface area contributed by atoms with Gasteiger partial charge in [-0.2, -0.15) is 0 Å². The third-order valence-corrected chi connectivity index (χ3v) is 3.73. The Bertz CT molecular complexity index is 349. The Labute approximate surface area is 106 Å². The molecule has 0 amide bonds. The van der Waals surface area contributed by atoms with E-state index in [2.05, 4.69) is 57.7 Å². The molecule has 0 aliphatic carbocycles. The van der Waals surface area contributed by atoms with Crippen molar-refractivity contribution in [2.24, 2.45) is 5.73 Å². The van der Waals surface area contributed by atoms with Gasteiger partial charge in [-0.1, -0.05) is 25.1 Å². The highest BCUT2D eigenvalue weighted by molar-refractivity contribution is 5.33. The van der Waals surface area contributed by atoms with E-state index in [0.29, 0.717) is 6.54 Å². The van der Waals surface area contributed by atoms with Crippen molar-refractivity contribution in [1.82, 2.24) is 4.90 Å². The Morgan fingerprint density at radius 1 is 1.18 bits per heavy atom. The van der Waals surface area contributed by atoms with Crippen LogP contribution in [-0.4, -0.2) is 23.5 Å². The molecule has 0 spiro atoms. The summed E-state index contributed by atoms with van der Waals surface area (Å²) in [7, 11) is 0. The van der Waals surface area contributed by atoms with Gasteiger partial charge in [0, 0.05) is 18.6 Å². The van der Waals surface area contributed by atoms with Crippen LogP contribution >= 0.6 is 0 Å². The van der Waals surface area contributed by atoms with Crippen LogP contribution in [0.15, 0.2) is 18.2 Å². The van der Waals surface area contributed by atoms with Gasteiger partial charge in [0.25, 0.3) is 0 Å². The average molecular weight is 234 g/mol. The van der Waals surface area contributed by atoms with Gasteiger partial charge in [0.05, 0.1) is 0 Å². The molecular formula is C15H26N2. The molecule has 0 aliphatic heterocycles. The zero-order valence-electron chi connectivity index (χ0n) is 11.9. The molecule has 0 fully saturated rings. The van der Waals surface area contributed by atoms with Crippen molar-refractivity contribution in [2.45, 2.75) is 46.7 Å². The van der Waals surface area contributed by atoms with E-state index < -0.39 is 0 Å². The molecular weight excluding hydrogens is 208 g/mol. The largest absolute Gasteiger partial charge is 0.329 e. The molecule has 0 atom stereocenters. The van der Waals surface area contributed by atoms with Crippen LogP contribution in [-0.2, 0) is 6.54 Å². The van der Waals surface area contributed by atoms with Crippen LogP contribution in [0.5, 0.6) is 0 Å². The van der Waals surface area contributed by atoms with Crippen molar-refractivity contribution in [3.05, 3.63) is 34.9 Å².